The Hall–Kier alpha value is -1.55. The topological polar surface area (TPSA) is 64.3 Å². The van der Waals surface area contributed by atoms with Crippen LogP contribution in [0.1, 0.15) is 36.9 Å². The summed E-state index contributed by atoms with van der Waals surface area (Å²) in [6, 6.07) is 6.04. The first-order valence-electron chi connectivity index (χ1n) is 6.48. The van der Waals surface area contributed by atoms with Gasteiger partial charge in [0.25, 0.3) is 5.91 Å². The summed E-state index contributed by atoms with van der Waals surface area (Å²) in [5.41, 5.74) is 8.42. The molecule has 1 amide bonds. The summed E-state index contributed by atoms with van der Waals surface area (Å²) >= 11 is 0. The van der Waals surface area contributed by atoms with Crippen LogP contribution in [0, 0.1) is 0 Å². The van der Waals surface area contributed by atoms with Gasteiger partial charge in [-0.05, 0) is 42.5 Å². The number of ether oxygens (including phenoxy) is 1. The van der Waals surface area contributed by atoms with Gasteiger partial charge in [0, 0.05) is 12.6 Å². The van der Waals surface area contributed by atoms with Crippen molar-refractivity contribution in [3.63, 3.8) is 0 Å². The number of carbonyl (C=O) groups excluding carboxylic acids is 1. The average Bonchev–Trinajstić information content (AvgIpc) is 2.75. The molecule has 2 rings (SSSR count). The van der Waals surface area contributed by atoms with Gasteiger partial charge in [-0.1, -0.05) is 13.0 Å². The highest BCUT2D eigenvalue weighted by Gasteiger charge is 2.19. The van der Waals surface area contributed by atoms with Crippen molar-refractivity contribution in [1.29, 1.82) is 0 Å². The fraction of sp³-hybridized carbons (Fsp3) is 0.500. The summed E-state index contributed by atoms with van der Waals surface area (Å²) in [4.78, 5) is 11.4. The zero-order valence-corrected chi connectivity index (χ0v) is 10.7. The molecule has 0 saturated carbocycles. The zero-order chi connectivity index (χ0) is 13.0. The van der Waals surface area contributed by atoms with Crippen LogP contribution >= 0.6 is 0 Å². The van der Waals surface area contributed by atoms with Crippen LogP contribution in [0.2, 0.25) is 0 Å². The molecule has 4 heteroatoms. The van der Waals surface area contributed by atoms with E-state index < -0.39 is 0 Å². The van der Waals surface area contributed by atoms with E-state index in [2.05, 4.69) is 5.32 Å². The monoisotopic (exact) mass is 248 g/mol. The second-order valence-corrected chi connectivity index (χ2v) is 4.64. The molecule has 1 atom stereocenters. The van der Waals surface area contributed by atoms with E-state index in [0.717, 1.165) is 25.0 Å². The van der Waals surface area contributed by atoms with Crippen LogP contribution in [0.5, 0.6) is 5.75 Å². The maximum atomic E-state index is 11.4. The zero-order valence-electron chi connectivity index (χ0n) is 10.7. The van der Waals surface area contributed by atoms with Crippen LogP contribution in [0.4, 0.5) is 0 Å². The van der Waals surface area contributed by atoms with Crippen molar-refractivity contribution in [1.82, 2.24) is 5.32 Å². The number of nitrogens with one attached hydrogen (secondary N) is 1. The minimum Gasteiger partial charge on any atom is -0.484 e. The molecule has 0 spiro atoms. The van der Waals surface area contributed by atoms with Crippen molar-refractivity contribution in [2.45, 2.75) is 32.2 Å². The number of benzene rings is 1. The number of nitrogens with two attached hydrogens (primary N) is 1. The average molecular weight is 248 g/mol. The van der Waals surface area contributed by atoms with Gasteiger partial charge < -0.3 is 15.8 Å². The van der Waals surface area contributed by atoms with Crippen molar-refractivity contribution >= 4 is 5.91 Å². The van der Waals surface area contributed by atoms with E-state index in [-0.39, 0.29) is 18.6 Å². The molecule has 4 nitrogen and oxygen atoms in total. The van der Waals surface area contributed by atoms with E-state index in [1.807, 2.05) is 25.1 Å². The van der Waals surface area contributed by atoms with Crippen LogP contribution in [-0.2, 0) is 11.2 Å². The molecule has 0 aliphatic heterocycles. The number of hydrogen-bond donors (Lipinski definition) is 2. The van der Waals surface area contributed by atoms with E-state index in [4.69, 9.17) is 10.5 Å². The quantitative estimate of drug-likeness (QED) is 0.830. The Morgan fingerprint density at radius 2 is 2.39 bits per heavy atom. The summed E-state index contributed by atoms with van der Waals surface area (Å²) in [7, 11) is 0. The van der Waals surface area contributed by atoms with E-state index in [1.165, 1.54) is 11.1 Å². The molecule has 1 aromatic rings. The number of fused-ring (bicyclic) bond motifs is 1. The van der Waals surface area contributed by atoms with Crippen molar-refractivity contribution in [2.75, 3.05) is 13.2 Å². The Morgan fingerprint density at radius 1 is 1.56 bits per heavy atom. The van der Waals surface area contributed by atoms with Gasteiger partial charge in [-0.3, -0.25) is 4.79 Å². The second kappa shape index (κ2) is 5.87. The highest BCUT2D eigenvalue weighted by atomic mass is 16.5. The van der Waals surface area contributed by atoms with Gasteiger partial charge in [0.15, 0.2) is 6.61 Å². The molecule has 1 aliphatic rings. The fourth-order valence-corrected chi connectivity index (χ4v) is 2.18. The lowest BCUT2D eigenvalue weighted by Gasteiger charge is -2.09. The highest BCUT2D eigenvalue weighted by molar-refractivity contribution is 5.77. The van der Waals surface area contributed by atoms with Gasteiger partial charge in [0.2, 0.25) is 0 Å². The molecule has 1 aromatic carbocycles. The van der Waals surface area contributed by atoms with Gasteiger partial charge in [0.05, 0.1) is 0 Å². The van der Waals surface area contributed by atoms with Gasteiger partial charge >= 0.3 is 0 Å². The molecule has 0 bridgehead atoms. The van der Waals surface area contributed by atoms with Crippen molar-refractivity contribution in [3.05, 3.63) is 29.3 Å². The van der Waals surface area contributed by atoms with Crippen LogP contribution in [-0.4, -0.2) is 19.1 Å². The third-order valence-corrected chi connectivity index (χ3v) is 3.18. The van der Waals surface area contributed by atoms with Gasteiger partial charge in [-0.2, -0.15) is 0 Å². The number of aryl methyl sites for hydroxylation is 1. The minimum absolute atomic E-state index is 0.0742. The Bertz CT molecular complexity index is 432. The van der Waals surface area contributed by atoms with Crippen LogP contribution in [0.25, 0.3) is 0 Å². The standard InChI is InChI=1S/C14H20N2O2/c1-2-7-16-14(17)9-18-11-4-5-12-10(8-11)3-6-13(12)15/h4-5,8,13H,2-3,6-7,9,15H2,1H3,(H,16,17)/t13-/m0/s1. The van der Waals surface area contributed by atoms with Gasteiger partial charge in [-0.25, -0.2) is 0 Å². The maximum absolute atomic E-state index is 11.4. The van der Waals surface area contributed by atoms with Gasteiger partial charge in [0.1, 0.15) is 5.75 Å². The Kier molecular flexibility index (Phi) is 4.20. The molecule has 0 saturated heterocycles. The van der Waals surface area contributed by atoms with Crippen molar-refractivity contribution in [3.8, 4) is 5.75 Å². The normalized spacial score (nSPS) is 17.3. The summed E-state index contributed by atoms with van der Waals surface area (Å²) in [6.45, 7) is 2.79. The Morgan fingerprint density at radius 3 is 3.17 bits per heavy atom. The van der Waals surface area contributed by atoms with Crippen molar-refractivity contribution < 1.29 is 9.53 Å². The summed E-state index contributed by atoms with van der Waals surface area (Å²) in [5, 5.41) is 2.78. The van der Waals surface area contributed by atoms with E-state index >= 15 is 0 Å². The fourth-order valence-electron chi connectivity index (χ4n) is 2.18. The van der Waals surface area contributed by atoms with E-state index in [9.17, 15) is 4.79 Å². The lowest BCUT2D eigenvalue weighted by molar-refractivity contribution is -0.123. The lowest BCUT2D eigenvalue weighted by Crippen LogP contribution is -2.29. The van der Waals surface area contributed by atoms with E-state index in [1.54, 1.807) is 0 Å². The molecule has 98 valence electrons. The van der Waals surface area contributed by atoms with Crippen LogP contribution in [0.15, 0.2) is 18.2 Å². The second-order valence-electron chi connectivity index (χ2n) is 4.64. The first-order valence-corrected chi connectivity index (χ1v) is 6.48. The molecule has 1 aliphatic carbocycles. The Balaban J connectivity index is 1.89. The van der Waals surface area contributed by atoms with Crippen molar-refractivity contribution in [2.24, 2.45) is 5.73 Å². The Labute approximate surface area is 108 Å². The summed E-state index contributed by atoms with van der Waals surface area (Å²) in [6.07, 6.45) is 2.92. The SMILES string of the molecule is CCCNC(=O)COc1ccc2c(c1)CC[C@@H]2N. The molecule has 0 aromatic heterocycles. The first-order chi connectivity index (χ1) is 8.70. The smallest absolute Gasteiger partial charge is 0.257 e. The van der Waals surface area contributed by atoms with Crippen LogP contribution < -0.4 is 15.8 Å². The number of hydrogen-bond acceptors (Lipinski definition) is 3. The lowest BCUT2D eigenvalue weighted by atomic mass is 10.1. The predicted octanol–water partition coefficient (Wildman–Crippen LogP) is 1.54. The number of rotatable bonds is 5. The number of carbonyl (C=O) groups is 1. The number of amides is 1. The molecular weight excluding hydrogens is 228 g/mol. The van der Waals surface area contributed by atoms with Gasteiger partial charge in [-0.15, -0.1) is 0 Å². The van der Waals surface area contributed by atoms with Crippen LogP contribution in [0.3, 0.4) is 0 Å². The molecule has 0 unspecified atom stereocenters. The molecule has 18 heavy (non-hydrogen) atoms. The molecular formula is C14H20N2O2. The summed E-state index contributed by atoms with van der Waals surface area (Å²) in [5.74, 6) is 0.670. The first kappa shape index (κ1) is 12.9. The minimum atomic E-state index is -0.0750. The third-order valence-electron chi connectivity index (χ3n) is 3.18. The molecule has 3 N–H and O–H groups in total. The molecule has 0 heterocycles. The predicted molar refractivity (Wildman–Crippen MR) is 70.5 cm³/mol. The largest absolute Gasteiger partial charge is 0.484 e. The molecule has 0 fully saturated rings. The van der Waals surface area contributed by atoms with E-state index in [0.29, 0.717) is 6.54 Å². The molecule has 0 radical (unpaired) electrons. The highest BCUT2D eigenvalue weighted by Crippen LogP contribution is 2.31. The summed E-state index contributed by atoms with van der Waals surface area (Å²) < 4.78 is 5.47. The maximum Gasteiger partial charge on any atom is 0.257 e. The third kappa shape index (κ3) is 3.01.